The number of carbonyl (C=O) groups excluding carboxylic acids is 1. The Morgan fingerprint density at radius 1 is 1.35 bits per heavy atom. The minimum Gasteiger partial charge on any atom is -0.508 e. The monoisotopic (exact) mass is 333 g/mol. The van der Waals surface area contributed by atoms with Gasteiger partial charge >= 0.3 is 5.97 Å². The normalized spacial score (nSPS) is 16.9. The molecule has 5 nitrogen and oxygen atoms in total. The summed E-state index contributed by atoms with van der Waals surface area (Å²) in [6, 6.07) is 5.18. The first-order valence-electron chi connectivity index (χ1n) is 7.10. The second-order valence-corrected chi connectivity index (χ2v) is 7.21. The molecule has 0 aromatic heterocycles. The molecule has 1 heterocycles. The van der Waals surface area contributed by atoms with Gasteiger partial charge in [-0.15, -0.1) is 0 Å². The first kappa shape index (κ1) is 17.1. The fraction of sp³-hybridized carbons (Fsp3) is 0.294. The van der Waals surface area contributed by atoms with Crippen LogP contribution in [0.4, 0.5) is 0 Å². The summed E-state index contributed by atoms with van der Waals surface area (Å²) < 4.78 is 0. The van der Waals surface area contributed by atoms with Crippen molar-refractivity contribution in [2.75, 3.05) is 6.54 Å². The molecule has 2 N–H and O–H groups in total. The van der Waals surface area contributed by atoms with E-state index in [9.17, 15) is 14.7 Å². The van der Waals surface area contributed by atoms with Crippen molar-refractivity contribution in [1.29, 1.82) is 0 Å². The molecule has 1 amide bonds. The van der Waals surface area contributed by atoms with Crippen molar-refractivity contribution in [2.24, 2.45) is 0 Å². The number of carboxylic acids is 1. The SMILES string of the molecule is CC(C)(C)c1cc(C=C2SC=CN(CC(=O)O)C2=O)ccc1O. The predicted octanol–water partition coefficient (Wildman–Crippen LogP) is 3.16. The number of nitrogens with zero attached hydrogens (tertiary/aromatic N) is 1. The lowest BCUT2D eigenvalue weighted by molar-refractivity contribution is -0.141. The highest BCUT2D eigenvalue weighted by Crippen LogP contribution is 2.33. The van der Waals surface area contributed by atoms with Crippen molar-refractivity contribution in [3.63, 3.8) is 0 Å². The molecule has 0 atom stereocenters. The zero-order valence-electron chi connectivity index (χ0n) is 13.2. The van der Waals surface area contributed by atoms with Gasteiger partial charge in [-0.1, -0.05) is 38.6 Å². The van der Waals surface area contributed by atoms with Gasteiger partial charge < -0.3 is 15.1 Å². The first-order valence-corrected chi connectivity index (χ1v) is 7.98. The molecule has 6 heteroatoms. The Kier molecular flexibility index (Phi) is 4.85. The van der Waals surface area contributed by atoms with Crippen LogP contribution in [-0.2, 0) is 15.0 Å². The molecular weight excluding hydrogens is 314 g/mol. The highest BCUT2D eigenvalue weighted by Gasteiger charge is 2.23. The summed E-state index contributed by atoms with van der Waals surface area (Å²) in [7, 11) is 0. The molecule has 0 aliphatic carbocycles. The zero-order chi connectivity index (χ0) is 17.2. The average molecular weight is 333 g/mol. The minimum atomic E-state index is -1.06. The highest BCUT2D eigenvalue weighted by molar-refractivity contribution is 8.06. The Morgan fingerprint density at radius 3 is 2.65 bits per heavy atom. The van der Waals surface area contributed by atoms with Gasteiger partial charge in [0.05, 0.1) is 4.91 Å². The van der Waals surface area contributed by atoms with Crippen LogP contribution < -0.4 is 0 Å². The lowest BCUT2D eigenvalue weighted by Crippen LogP contribution is -2.32. The quantitative estimate of drug-likeness (QED) is 0.831. The molecule has 1 aliphatic rings. The van der Waals surface area contributed by atoms with E-state index in [-0.39, 0.29) is 23.6 Å². The third-order valence-corrected chi connectivity index (χ3v) is 4.14. The van der Waals surface area contributed by atoms with Gasteiger partial charge in [0.15, 0.2) is 0 Å². The van der Waals surface area contributed by atoms with Gasteiger partial charge in [0.1, 0.15) is 12.3 Å². The molecule has 1 aromatic carbocycles. The van der Waals surface area contributed by atoms with Crippen molar-refractivity contribution in [3.8, 4) is 5.75 Å². The predicted molar refractivity (Wildman–Crippen MR) is 90.9 cm³/mol. The van der Waals surface area contributed by atoms with Gasteiger partial charge in [-0.3, -0.25) is 9.59 Å². The van der Waals surface area contributed by atoms with Crippen LogP contribution in [0.25, 0.3) is 6.08 Å². The van der Waals surface area contributed by atoms with E-state index in [1.165, 1.54) is 18.0 Å². The van der Waals surface area contributed by atoms with Crippen LogP contribution in [0, 0.1) is 0 Å². The highest BCUT2D eigenvalue weighted by atomic mass is 32.2. The fourth-order valence-electron chi connectivity index (χ4n) is 2.20. The van der Waals surface area contributed by atoms with E-state index in [0.717, 1.165) is 16.0 Å². The number of carboxylic acid groups (broad SMARTS) is 1. The molecule has 122 valence electrons. The second kappa shape index (κ2) is 6.50. The molecule has 0 saturated carbocycles. The third-order valence-electron chi connectivity index (χ3n) is 3.34. The van der Waals surface area contributed by atoms with Crippen LogP contribution in [0.3, 0.4) is 0 Å². The average Bonchev–Trinajstić information content (AvgIpc) is 2.43. The lowest BCUT2D eigenvalue weighted by atomic mass is 9.85. The molecule has 0 saturated heterocycles. The molecule has 1 aliphatic heterocycles. The molecule has 0 unspecified atom stereocenters. The van der Waals surface area contributed by atoms with Gasteiger partial charge in [-0.25, -0.2) is 0 Å². The Balaban J connectivity index is 2.33. The number of phenols is 1. The molecule has 23 heavy (non-hydrogen) atoms. The number of aliphatic carboxylic acids is 1. The summed E-state index contributed by atoms with van der Waals surface area (Å²) >= 11 is 1.25. The number of hydrogen-bond donors (Lipinski definition) is 2. The van der Waals surface area contributed by atoms with Crippen LogP contribution in [0.15, 0.2) is 34.7 Å². The Bertz CT molecular complexity index is 701. The summed E-state index contributed by atoms with van der Waals surface area (Å²) in [4.78, 5) is 24.7. The summed E-state index contributed by atoms with van der Waals surface area (Å²) in [6.07, 6.45) is 3.18. The van der Waals surface area contributed by atoms with Crippen LogP contribution in [0.1, 0.15) is 31.9 Å². The van der Waals surface area contributed by atoms with E-state index >= 15 is 0 Å². The van der Waals surface area contributed by atoms with Gasteiger partial charge in [-0.05, 0) is 40.2 Å². The zero-order valence-corrected chi connectivity index (χ0v) is 14.1. The molecular formula is C17H19NO4S. The second-order valence-electron chi connectivity index (χ2n) is 6.26. The lowest BCUT2D eigenvalue weighted by Gasteiger charge is -2.22. The number of carbonyl (C=O) groups is 2. The fourth-order valence-corrected chi connectivity index (χ4v) is 2.97. The summed E-state index contributed by atoms with van der Waals surface area (Å²) in [6.45, 7) is 5.63. The number of hydrogen-bond acceptors (Lipinski definition) is 4. The number of amides is 1. The Hall–Kier alpha value is -2.21. The van der Waals surface area contributed by atoms with E-state index in [1.807, 2.05) is 26.8 Å². The van der Waals surface area contributed by atoms with E-state index in [4.69, 9.17) is 5.11 Å². The van der Waals surface area contributed by atoms with E-state index in [0.29, 0.717) is 4.91 Å². The van der Waals surface area contributed by atoms with Crippen LogP contribution in [-0.4, -0.2) is 33.5 Å². The summed E-state index contributed by atoms with van der Waals surface area (Å²) in [5.74, 6) is -1.19. The van der Waals surface area contributed by atoms with Gasteiger partial charge in [-0.2, -0.15) is 0 Å². The standard InChI is InChI=1S/C17H19NO4S/c1-17(2,3)12-8-11(4-5-13(12)19)9-14-16(22)18(6-7-23-14)10-15(20)21/h4-9,19H,10H2,1-3H3,(H,20,21). The van der Waals surface area contributed by atoms with Crippen LogP contribution in [0.5, 0.6) is 5.75 Å². The van der Waals surface area contributed by atoms with E-state index < -0.39 is 5.97 Å². The van der Waals surface area contributed by atoms with Crippen molar-refractivity contribution in [2.45, 2.75) is 26.2 Å². The van der Waals surface area contributed by atoms with Gasteiger partial charge in [0.25, 0.3) is 5.91 Å². The topological polar surface area (TPSA) is 77.8 Å². The first-order chi connectivity index (χ1) is 10.7. The summed E-state index contributed by atoms with van der Waals surface area (Å²) in [5, 5.41) is 20.5. The van der Waals surface area contributed by atoms with Crippen molar-refractivity contribution < 1.29 is 19.8 Å². The molecule has 0 radical (unpaired) electrons. The van der Waals surface area contributed by atoms with Gasteiger partial charge in [0, 0.05) is 6.20 Å². The maximum absolute atomic E-state index is 12.3. The summed E-state index contributed by atoms with van der Waals surface area (Å²) in [5.41, 5.74) is 1.35. The molecule has 2 rings (SSSR count). The molecule has 1 aromatic rings. The Morgan fingerprint density at radius 2 is 2.04 bits per heavy atom. The van der Waals surface area contributed by atoms with Gasteiger partial charge in [0.2, 0.25) is 0 Å². The smallest absolute Gasteiger partial charge is 0.323 e. The van der Waals surface area contributed by atoms with E-state index in [2.05, 4.69) is 0 Å². The maximum atomic E-state index is 12.3. The van der Waals surface area contributed by atoms with Crippen molar-refractivity contribution >= 4 is 29.7 Å². The minimum absolute atomic E-state index is 0.217. The maximum Gasteiger partial charge on any atom is 0.323 e. The largest absolute Gasteiger partial charge is 0.508 e. The third kappa shape index (κ3) is 4.16. The Labute approximate surface area is 139 Å². The number of aromatic hydroxyl groups is 1. The number of benzene rings is 1. The molecule has 0 spiro atoms. The molecule has 0 fully saturated rings. The number of thioether (sulfide) groups is 1. The van der Waals surface area contributed by atoms with E-state index in [1.54, 1.807) is 23.6 Å². The van der Waals surface area contributed by atoms with Crippen LogP contribution >= 0.6 is 11.8 Å². The van der Waals surface area contributed by atoms with Crippen LogP contribution in [0.2, 0.25) is 0 Å². The van der Waals surface area contributed by atoms with Crippen molar-refractivity contribution in [1.82, 2.24) is 4.90 Å². The number of rotatable bonds is 3. The molecule has 0 bridgehead atoms. The van der Waals surface area contributed by atoms with Crippen molar-refractivity contribution in [3.05, 3.63) is 45.8 Å². The number of phenolic OH excluding ortho intramolecular Hbond substituents is 1.